The van der Waals surface area contributed by atoms with E-state index in [1.165, 1.54) is 5.56 Å². The second kappa shape index (κ2) is 9.96. The highest BCUT2D eigenvalue weighted by molar-refractivity contribution is 7.10. The molecule has 0 spiro atoms. The molecule has 0 saturated heterocycles. The van der Waals surface area contributed by atoms with Gasteiger partial charge in [0.2, 0.25) is 11.8 Å². The van der Waals surface area contributed by atoms with E-state index in [0.717, 1.165) is 29.0 Å². The average Bonchev–Trinajstić information content (AvgIpc) is 3.51. The zero-order valence-corrected chi connectivity index (χ0v) is 19.1. The van der Waals surface area contributed by atoms with Gasteiger partial charge >= 0.3 is 0 Å². The van der Waals surface area contributed by atoms with E-state index in [-0.39, 0.29) is 11.8 Å². The van der Waals surface area contributed by atoms with Gasteiger partial charge in [0.1, 0.15) is 5.54 Å². The molecule has 32 heavy (non-hydrogen) atoms. The van der Waals surface area contributed by atoms with Gasteiger partial charge < -0.3 is 10.2 Å². The molecular weight excluding hydrogens is 416 g/mol. The van der Waals surface area contributed by atoms with Crippen LogP contribution in [0.2, 0.25) is 0 Å². The third-order valence-corrected chi connectivity index (χ3v) is 6.90. The van der Waals surface area contributed by atoms with Crippen LogP contribution in [0, 0.1) is 6.92 Å². The normalized spacial score (nSPS) is 15.0. The van der Waals surface area contributed by atoms with Gasteiger partial charge in [0.25, 0.3) is 0 Å². The van der Waals surface area contributed by atoms with Gasteiger partial charge in [-0.2, -0.15) is 0 Å². The highest BCUT2D eigenvalue weighted by Crippen LogP contribution is 2.38. The van der Waals surface area contributed by atoms with Crippen LogP contribution in [-0.4, -0.2) is 22.3 Å². The van der Waals surface area contributed by atoms with Crippen molar-refractivity contribution in [3.05, 3.63) is 94.2 Å². The van der Waals surface area contributed by atoms with Crippen LogP contribution in [0.5, 0.6) is 0 Å². The summed E-state index contributed by atoms with van der Waals surface area (Å²) in [6.07, 6.45) is 6.62. The maximum atomic E-state index is 13.6. The van der Waals surface area contributed by atoms with Gasteiger partial charge in [0, 0.05) is 23.2 Å². The van der Waals surface area contributed by atoms with Gasteiger partial charge in [-0.25, -0.2) is 0 Å². The minimum atomic E-state index is -0.863. The molecule has 0 bridgehead atoms. The van der Waals surface area contributed by atoms with Gasteiger partial charge in [0.05, 0.1) is 0 Å². The van der Waals surface area contributed by atoms with Crippen LogP contribution in [0.1, 0.15) is 41.7 Å². The molecule has 1 fully saturated rings. The predicted molar refractivity (Wildman–Crippen MR) is 131 cm³/mol. The van der Waals surface area contributed by atoms with E-state index in [0.29, 0.717) is 19.4 Å². The van der Waals surface area contributed by atoms with Gasteiger partial charge in [0.15, 0.2) is 0 Å². The van der Waals surface area contributed by atoms with E-state index in [1.54, 1.807) is 22.3 Å². The lowest BCUT2D eigenvalue weighted by atomic mass is 9.92. The van der Waals surface area contributed by atoms with Crippen molar-refractivity contribution in [1.82, 2.24) is 4.90 Å². The fourth-order valence-corrected chi connectivity index (χ4v) is 4.91. The number of hydrogen-bond donors (Lipinski definition) is 1. The lowest BCUT2D eigenvalue weighted by Gasteiger charge is -2.39. The number of aryl methyl sites for hydroxylation is 1. The molecule has 4 rings (SSSR count). The fraction of sp³-hybridized carbons (Fsp3) is 0.259. The predicted octanol–water partition coefficient (Wildman–Crippen LogP) is 6.05. The largest absolute Gasteiger partial charge is 0.324 e. The Morgan fingerprint density at radius 3 is 2.38 bits per heavy atom. The number of benzene rings is 2. The highest BCUT2D eigenvalue weighted by Gasteiger charge is 2.47. The number of rotatable bonds is 7. The van der Waals surface area contributed by atoms with E-state index >= 15 is 0 Å². The summed E-state index contributed by atoms with van der Waals surface area (Å²) >= 11 is 1.58. The monoisotopic (exact) mass is 444 g/mol. The van der Waals surface area contributed by atoms with Crippen LogP contribution < -0.4 is 5.32 Å². The summed E-state index contributed by atoms with van der Waals surface area (Å²) < 4.78 is 0. The first-order valence-electron chi connectivity index (χ1n) is 11.0. The van der Waals surface area contributed by atoms with Gasteiger partial charge in [-0.1, -0.05) is 66.9 Å². The molecule has 164 valence electrons. The van der Waals surface area contributed by atoms with E-state index in [4.69, 9.17) is 0 Å². The molecule has 0 aliphatic heterocycles. The fourth-order valence-electron chi connectivity index (χ4n) is 4.29. The zero-order chi connectivity index (χ0) is 22.4. The lowest BCUT2D eigenvalue weighted by molar-refractivity contribution is -0.142. The van der Waals surface area contributed by atoms with Crippen molar-refractivity contribution in [2.24, 2.45) is 0 Å². The Morgan fingerprint density at radius 1 is 1.00 bits per heavy atom. The minimum Gasteiger partial charge on any atom is -0.324 e. The van der Waals surface area contributed by atoms with Crippen molar-refractivity contribution in [3.63, 3.8) is 0 Å². The number of carbonyl (C=O) groups is 2. The number of thiophene rings is 1. The highest BCUT2D eigenvalue weighted by atomic mass is 32.1. The maximum Gasteiger partial charge on any atom is 0.250 e. The van der Waals surface area contributed by atoms with Crippen LogP contribution in [0.15, 0.2) is 78.2 Å². The number of anilines is 1. The molecule has 1 saturated carbocycles. The molecule has 0 unspecified atom stereocenters. The van der Waals surface area contributed by atoms with E-state index in [1.807, 2.05) is 85.1 Å². The Labute approximate surface area is 193 Å². The molecule has 1 aromatic heterocycles. The van der Waals surface area contributed by atoms with Crippen LogP contribution in [-0.2, 0) is 16.1 Å². The van der Waals surface area contributed by atoms with E-state index < -0.39 is 5.54 Å². The van der Waals surface area contributed by atoms with Crippen molar-refractivity contribution in [2.75, 3.05) is 5.32 Å². The number of nitrogens with one attached hydrogen (secondary N) is 1. The van der Waals surface area contributed by atoms with Crippen LogP contribution >= 0.6 is 11.3 Å². The molecule has 4 nitrogen and oxygen atoms in total. The standard InChI is InChI=1S/C27H28N2O2S/c1-21-11-13-22(14-12-21)20-29(25(30)16-15-24-10-7-19-32-24)27(17-5-6-18-27)26(31)28-23-8-3-2-4-9-23/h2-4,7-16,19H,5-6,17-18,20H2,1H3,(H,28,31). The number of nitrogens with zero attached hydrogens (tertiary/aromatic N) is 1. The molecule has 1 heterocycles. The van der Waals surface area contributed by atoms with Crippen LogP contribution in [0.25, 0.3) is 6.08 Å². The SMILES string of the molecule is Cc1ccc(CN(C(=O)C=Cc2cccs2)C2(C(=O)Nc3ccccc3)CCCC2)cc1. The first-order valence-corrected chi connectivity index (χ1v) is 11.9. The summed E-state index contributed by atoms with van der Waals surface area (Å²) in [5.74, 6) is -0.240. The van der Waals surface area contributed by atoms with Crippen molar-refractivity contribution < 1.29 is 9.59 Å². The molecule has 2 aromatic carbocycles. The lowest BCUT2D eigenvalue weighted by Crippen LogP contribution is -2.56. The summed E-state index contributed by atoms with van der Waals surface area (Å²) in [6.45, 7) is 2.44. The second-order valence-electron chi connectivity index (χ2n) is 8.32. The molecule has 1 aliphatic carbocycles. The zero-order valence-electron chi connectivity index (χ0n) is 18.3. The van der Waals surface area contributed by atoms with Crippen LogP contribution in [0.3, 0.4) is 0 Å². The third-order valence-electron chi connectivity index (χ3n) is 6.06. The Morgan fingerprint density at radius 2 is 1.72 bits per heavy atom. The second-order valence-corrected chi connectivity index (χ2v) is 9.30. The topological polar surface area (TPSA) is 49.4 Å². The van der Waals surface area contributed by atoms with Crippen LogP contribution in [0.4, 0.5) is 5.69 Å². The van der Waals surface area contributed by atoms with Gasteiger partial charge in [-0.15, -0.1) is 11.3 Å². The van der Waals surface area contributed by atoms with E-state index in [2.05, 4.69) is 5.32 Å². The summed E-state index contributed by atoms with van der Waals surface area (Å²) in [6, 6.07) is 21.6. The Kier molecular flexibility index (Phi) is 6.86. The Bertz CT molecular complexity index is 1070. The maximum absolute atomic E-state index is 13.6. The summed E-state index contributed by atoms with van der Waals surface area (Å²) in [7, 11) is 0. The molecule has 1 aliphatic rings. The summed E-state index contributed by atoms with van der Waals surface area (Å²) in [5, 5.41) is 5.06. The quantitative estimate of drug-likeness (QED) is 0.451. The number of carbonyl (C=O) groups excluding carboxylic acids is 2. The molecule has 0 radical (unpaired) electrons. The number of hydrogen-bond acceptors (Lipinski definition) is 3. The summed E-state index contributed by atoms with van der Waals surface area (Å²) in [4.78, 5) is 30.0. The molecule has 3 aromatic rings. The first kappa shape index (κ1) is 22.0. The smallest absolute Gasteiger partial charge is 0.250 e. The number of amides is 2. The number of para-hydroxylation sites is 1. The van der Waals surface area contributed by atoms with Crippen molar-refractivity contribution >= 4 is 34.9 Å². The molecular formula is C27H28N2O2S. The van der Waals surface area contributed by atoms with Gasteiger partial charge in [-0.05, 0) is 55.0 Å². The Hall–Kier alpha value is -3.18. The van der Waals surface area contributed by atoms with Crippen molar-refractivity contribution in [3.8, 4) is 0 Å². The molecule has 2 amide bonds. The Balaban J connectivity index is 1.66. The first-order chi connectivity index (χ1) is 15.6. The molecule has 5 heteroatoms. The molecule has 0 atom stereocenters. The molecule has 1 N–H and O–H groups in total. The summed E-state index contributed by atoms with van der Waals surface area (Å²) in [5.41, 5.74) is 2.08. The van der Waals surface area contributed by atoms with E-state index in [9.17, 15) is 9.59 Å². The van der Waals surface area contributed by atoms with Gasteiger partial charge in [-0.3, -0.25) is 9.59 Å². The average molecular weight is 445 g/mol. The van der Waals surface area contributed by atoms with Crippen molar-refractivity contribution in [2.45, 2.75) is 44.7 Å². The third kappa shape index (κ3) is 5.00. The minimum absolute atomic E-state index is 0.105. The van der Waals surface area contributed by atoms with Crippen molar-refractivity contribution in [1.29, 1.82) is 0 Å².